The van der Waals surface area contributed by atoms with Crippen molar-refractivity contribution in [3.05, 3.63) is 69.9 Å². The quantitative estimate of drug-likeness (QED) is 0.256. The van der Waals surface area contributed by atoms with Gasteiger partial charge in [-0.3, -0.25) is 18.2 Å². The topological polar surface area (TPSA) is 0 Å². The molecule has 3 aliphatic rings. The fraction of sp³-hybridized carbons (Fsp3) is 0.478. The van der Waals surface area contributed by atoms with Crippen LogP contribution in [0, 0.1) is 18.2 Å². The molecule has 3 rings (SSSR count). The van der Waals surface area contributed by atoms with Gasteiger partial charge in [0.2, 0.25) is 0 Å². The molecule has 0 aromatic heterocycles. The van der Waals surface area contributed by atoms with Crippen LogP contribution in [0.5, 0.6) is 0 Å². The number of allylic oxidation sites excluding steroid dienone is 12. The SMILES string of the molecule is CC1=C(C)C[C-]=C1.CC1=[C-]CC(C)=C1.CC1=[C-]CC(C)=C1.C[Si](C)=[Ti].Cl.Cl. The summed E-state index contributed by atoms with van der Waals surface area (Å²) in [5, 5.41) is 0. The Hall–Kier alpha value is -0.0488. The van der Waals surface area contributed by atoms with Gasteiger partial charge in [0.05, 0.1) is 0 Å². The summed E-state index contributed by atoms with van der Waals surface area (Å²) in [7, 11) is 0. The fourth-order valence-electron chi connectivity index (χ4n) is 2.12. The molecule has 0 spiro atoms. The van der Waals surface area contributed by atoms with Gasteiger partial charge in [-0.15, -0.1) is 51.0 Å². The second-order valence-corrected chi connectivity index (χ2v) is 13.7. The smallest absolute Gasteiger partial charge is 0.147 e. The zero-order valence-corrected chi connectivity index (χ0v) is 22.4. The van der Waals surface area contributed by atoms with Gasteiger partial charge < -0.3 is 0 Å². The Balaban J connectivity index is -0.000000283. The average molecular weight is 458 g/mol. The molecule has 0 radical (unpaired) electrons. The van der Waals surface area contributed by atoms with Crippen LogP contribution in [0.25, 0.3) is 0 Å². The third-order valence-corrected chi connectivity index (χ3v) is 3.58. The predicted molar refractivity (Wildman–Crippen MR) is 124 cm³/mol. The van der Waals surface area contributed by atoms with Crippen molar-refractivity contribution < 1.29 is 19.2 Å². The molecule has 0 N–H and O–H groups in total. The third kappa shape index (κ3) is 19.1. The molecule has 0 aromatic carbocycles. The molecular weight excluding hydrogens is 423 g/mol. The first-order chi connectivity index (χ1) is 11.6. The zero-order chi connectivity index (χ0) is 19.4. The minimum atomic E-state index is 0. The molecule has 0 nitrogen and oxygen atoms in total. The van der Waals surface area contributed by atoms with E-state index in [1.54, 1.807) is 0 Å². The number of halogens is 2. The summed E-state index contributed by atoms with van der Waals surface area (Å²) in [6.45, 7) is 17.2. The minimum Gasteiger partial charge on any atom is -0.147 e. The van der Waals surface area contributed by atoms with Crippen LogP contribution in [-0.4, -0.2) is 6.19 Å². The van der Waals surface area contributed by atoms with E-state index in [2.05, 4.69) is 110 Å². The molecule has 0 bridgehead atoms. The van der Waals surface area contributed by atoms with Crippen molar-refractivity contribution in [1.29, 1.82) is 0 Å². The number of rotatable bonds is 0. The second-order valence-electron chi connectivity index (χ2n) is 7.04. The fourth-order valence-corrected chi connectivity index (χ4v) is 2.12. The van der Waals surface area contributed by atoms with Gasteiger partial charge in [0.15, 0.2) is 0 Å². The van der Waals surface area contributed by atoms with Gasteiger partial charge in [-0.05, 0) is 0 Å². The Kier molecular flexibility index (Phi) is 21.1. The van der Waals surface area contributed by atoms with Crippen LogP contribution in [-0.2, 0) is 19.2 Å². The Morgan fingerprint density at radius 2 is 1.15 bits per heavy atom. The van der Waals surface area contributed by atoms with Gasteiger partial charge in [0.25, 0.3) is 0 Å². The van der Waals surface area contributed by atoms with Gasteiger partial charge in [-0.2, -0.15) is 16.7 Å². The molecule has 0 fully saturated rings. The zero-order valence-electron chi connectivity index (χ0n) is 18.2. The standard InChI is InChI=1S/3C7H9.C2H6Si.2ClH.Ti/c2*1-6-3-4-7(2)5-6;1-6-4-3-5-7(6)2;1-3-2;;;/h2*5H,3H2,1-2H3;4H,5H2,1-2H3;1-2H3;2*1H;/q3*-1;;;;. The Labute approximate surface area is 193 Å². The molecule has 0 atom stereocenters. The van der Waals surface area contributed by atoms with Crippen molar-refractivity contribution in [3.63, 3.8) is 0 Å². The van der Waals surface area contributed by atoms with E-state index >= 15 is 0 Å². The summed E-state index contributed by atoms with van der Waals surface area (Å²) >= 11 is 2.27. The largest absolute Gasteiger partial charge is 0.147 e. The molecule has 0 saturated heterocycles. The van der Waals surface area contributed by atoms with E-state index in [0.717, 1.165) is 19.3 Å². The summed E-state index contributed by atoms with van der Waals surface area (Å²) in [6, 6.07) is 0. The molecule has 3 aliphatic carbocycles. The maximum Gasteiger partial charge on any atom is -0.147 e. The molecule has 0 aliphatic heterocycles. The Morgan fingerprint density at radius 3 is 1.22 bits per heavy atom. The van der Waals surface area contributed by atoms with E-state index in [1.165, 1.54) is 33.4 Å². The molecule has 152 valence electrons. The molecule has 0 unspecified atom stereocenters. The molecule has 0 amide bonds. The van der Waals surface area contributed by atoms with E-state index in [1.807, 2.05) is 0 Å². The van der Waals surface area contributed by atoms with Crippen molar-refractivity contribution in [2.24, 2.45) is 0 Å². The van der Waals surface area contributed by atoms with Gasteiger partial charge in [-0.25, -0.2) is 34.9 Å². The predicted octanol–water partition coefficient (Wildman–Crippen LogP) is 7.89. The van der Waals surface area contributed by atoms with Gasteiger partial charge >= 0.3 is 38.5 Å². The molecular formula is C23H35Cl2SiTi-3. The normalized spacial score (nSPS) is 15.8. The summed E-state index contributed by atoms with van der Waals surface area (Å²) in [5.41, 5.74) is 8.28. The van der Waals surface area contributed by atoms with Gasteiger partial charge in [0, 0.05) is 0 Å². The maximum absolute atomic E-state index is 3.19. The summed E-state index contributed by atoms with van der Waals surface area (Å²) < 4.78 is 0. The Morgan fingerprint density at radius 1 is 0.778 bits per heavy atom. The number of hydrogen-bond donors (Lipinski definition) is 0. The summed E-state index contributed by atoms with van der Waals surface area (Å²) in [4.78, 5) is 0. The summed E-state index contributed by atoms with van der Waals surface area (Å²) in [5.74, 6) is 0. The second kappa shape index (κ2) is 18.0. The van der Waals surface area contributed by atoms with Crippen LogP contribution >= 0.6 is 24.8 Å². The van der Waals surface area contributed by atoms with Gasteiger partial charge in [-0.1, -0.05) is 34.6 Å². The molecule has 27 heavy (non-hydrogen) atoms. The molecule has 0 aromatic rings. The van der Waals surface area contributed by atoms with Crippen molar-refractivity contribution in [1.82, 2.24) is 0 Å². The summed E-state index contributed by atoms with van der Waals surface area (Å²) in [6.07, 6.45) is 19.2. The van der Waals surface area contributed by atoms with E-state index in [-0.39, 0.29) is 31.0 Å². The first-order valence-electron chi connectivity index (χ1n) is 8.85. The monoisotopic (exact) mass is 457 g/mol. The van der Waals surface area contributed by atoms with Crippen molar-refractivity contribution in [2.75, 3.05) is 0 Å². The van der Waals surface area contributed by atoms with Crippen LogP contribution in [0.1, 0.15) is 60.8 Å². The van der Waals surface area contributed by atoms with Crippen LogP contribution in [0.15, 0.2) is 51.7 Å². The number of hydrogen-bond acceptors (Lipinski definition) is 0. The maximum atomic E-state index is 3.19. The van der Waals surface area contributed by atoms with Crippen molar-refractivity contribution in [3.8, 4) is 0 Å². The third-order valence-electron chi connectivity index (χ3n) is 3.58. The van der Waals surface area contributed by atoms with Crippen molar-refractivity contribution in [2.45, 2.75) is 73.9 Å². The van der Waals surface area contributed by atoms with E-state index in [9.17, 15) is 0 Å². The van der Waals surface area contributed by atoms with Gasteiger partial charge in [0.1, 0.15) is 0 Å². The van der Waals surface area contributed by atoms with Crippen molar-refractivity contribution >= 4 is 31.0 Å². The Bertz CT molecular complexity index is 609. The van der Waals surface area contributed by atoms with Crippen LogP contribution in [0.4, 0.5) is 0 Å². The molecule has 0 heterocycles. The van der Waals surface area contributed by atoms with Crippen LogP contribution in [0.3, 0.4) is 0 Å². The van der Waals surface area contributed by atoms with E-state index in [0.29, 0.717) is 0 Å². The van der Waals surface area contributed by atoms with E-state index in [4.69, 9.17) is 0 Å². The van der Waals surface area contributed by atoms with E-state index < -0.39 is 0 Å². The first-order valence-corrected chi connectivity index (χ1v) is 13.7. The van der Waals surface area contributed by atoms with Crippen LogP contribution < -0.4 is 0 Å². The first kappa shape index (κ1) is 31.6. The molecule has 0 saturated carbocycles. The molecule has 4 heteroatoms. The minimum absolute atomic E-state index is 0. The average Bonchev–Trinajstić information content (AvgIpc) is 3.16. The van der Waals surface area contributed by atoms with Crippen LogP contribution in [0.2, 0.25) is 13.1 Å².